The van der Waals surface area contributed by atoms with E-state index in [1.54, 1.807) is 13.0 Å². The van der Waals surface area contributed by atoms with Crippen LogP contribution in [0.25, 0.3) is 0 Å². The number of nitrogens with two attached hydrogens (primary N) is 2. The number of nitrogen functional groups attached to an aromatic ring is 1. The zero-order valence-corrected chi connectivity index (χ0v) is 11.6. The average Bonchev–Trinajstić information content (AvgIpc) is 2.77. The van der Waals surface area contributed by atoms with Crippen LogP contribution in [0, 0.1) is 12.3 Å². The number of nitrogens with one attached hydrogen (secondary N) is 1. The van der Waals surface area contributed by atoms with Crippen molar-refractivity contribution in [3.63, 3.8) is 0 Å². The van der Waals surface area contributed by atoms with Crippen molar-refractivity contribution in [1.29, 1.82) is 0 Å². The quantitative estimate of drug-likeness (QED) is 0.723. The number of primary sulfonamides is 1. The van der Waals surface area contributed by atoms with Crippen molar-refractivity contribution >= 4 is 21.4 Å². The molecule has 0 spiro atoms. The summed E-state index contributed by atoms with van der Waals surface area (Å²) in [5.74, 6) is 0. The van der Waals surface area contributed by atoms with Crippen LogP contribution in [0.5, 0.6) is 0 Å². The summed E-state index contributed by atoms with van der Waals surface area (Å²) in [6.07, 6.45) is 1.06. The minimum Gasteiger partial charge on any atom is -0.399 e. The number of hydrogen-bond acceptors (Lipinski definition) is 4. The van der Waals surface area contributed by atoms with Crippen molar-refractivity contribution in [1.82, 2.24) is 0 Å². The molecule has 5 N–H and O–H groups in total. The third-order valence-corrected chi connectivity index (χ3v) is 4.57. The Morgan fingerprint density at radius 1 is 1.39 bits per heavy atom. The maximum absolute atomic E-state index is 11.5. The Bertz CT molecular complexity index is 594. The minimum atomic E-state index is -3.74. The second-order valence-electron chi connectivity index (χ2n) is 5.63. The van der Waals surface area contributed by atoms with Crippen molar-refractivity contribution in [2.24, 2.45) is 10.6 Å². The fourth-order valence-corrected chi connectivity index (χ4v) is 2.89. The van der Waals surface area contributed by atoms with Gasteiger partial charge in [0.2, 0.25) is 10.0 Å². The van der Waals surface area contributed by atoms with E-state index < -0.39 is 10.0 Å². The maximum Gasteiger partial charge on any atom is 0.238 e. The molecule has 0 saturated heterocycles. The summed E-state index contributed by atoms with van der Waals surface area (Å²) in [5, 5.41) is 8.51. The highest BCUT2D eigenvalue weighted by molar-refractivity contribution is 7.89. The van der Waals surface area contributed by atoms with Gasteiger partial charge in [0.15, 0.2) is 0 Å². The summed E-state index contributed by atoms with van der Waals surface area (Å²) in [4.78, 5) is 0.0865. The van der Waals surface area contributed by atoms with Gasteiger partial charge in [0.05, 0.1) is 4.90 Å². The van der Waals surface area contributed by atoms with Crippen LogP contribution in [0.15, 0.2) is 17.0 Å². The first kappa shape index (κ1) is 13.2. The van der Waals surface area contributed by atoms with Gasteiger partial charge in [-0.15, -0.1) is 0 Å². The van der Waals surface area contributed by atoms with E-state index in [9.17, 15) is 8.42 Å². The summed E-state index contributed by atoms with van der Waals surface area (Å²) in [7, 11) is -3.74. The number of hydrogen-bond donors (Lipinski definition) is 3. The van der Waals surface area contributed by atoms with Gasteiger partial charge in [-0.1, -0.05) is 13.8 Å². The highest BCUT2D eigenvalue weighted by atomic mass is 32.2. The van der Waals surface area contributed by atoms with Crippen LogP contribution in [0.4, 0.5) is 11.4 Å². The molecule has 0 aliphatic heterocycles. The molecular weight excluding hydrogens is 250 g/mol. The van der Waals surface area contributed by atoms with Gasteiger partial charge in [0, 0.05) is 17.4 Å². The van der Waals surface area contributed by atoms with Crippen LogP contribution in [0.3, 0.4) is 0 Å². The largest absolute Gasteiger partial charge is 0.399 e. The van der Waals surface area contributed by atoms with Gasteiger partial charge >= 0.3 is 0 Å². The summed E-state index contributed by atoms with van der Waals surface area (Å²) in [6, 6.07) is 3.50. The van der Waals surface area contributed by atoms with Crippen LogP contribution in [0.1, 0.15) is 25.8 Å². The number of benzene rings is 1. The lowest BCUT2D eigenvalue weighted by molar-refractivity contribution is 0.597. The van der Waals surface area contributed by atoms with Crippen molar-refractivity contribution in [3.05, 3.63) is 17.7 Å². The molecule has 18 heavy (non-hydrogen) atoms. The standard InChI is InChI=1S/C12H19N3O2S/c1-7-9(15-11-6-12(11,2)3)4-8(13)5-10(7)18(14,16)17/h4-5,11,15H,6,13H2,1-3H3,(H2,14,16,17). The van der Waals surface area contributed by atoms with E-state index in [2.05, 4.69) is 19.2 Å². The molecule has 100 valence electrons. The molecular formula is C12H19N3O2S. The van der Waals surface area contributed by atoms with Gasteiger partial charge in [-0.2, -0.15) is 0 Å². The first-order valence-electron chi connectivity index (χ1n) is 5.81. The van der Waals surface area contributed by atoms with Gasteiger partial charge in [0.1, 0.15) is 0 Å². The van der Waals surface area contributed by atoms with Gasteiger partial charge in [0.25, 0.3) is 0 Å². The van der Waals surface area contributed by atoms with E-state index in [1.165, 1.54) is 6.07 Å². The first-order valence-corrected chi connectivity index (χ1v) is 7.35. The molecule has 0 heterocycles. The van der Waals surface area contributed by atoms with Crippen molar-refractivity contribution < 1.29 is 8.42 Å². The summed E-state index contributed by atoms with van der Waals surface area (Å²) in [6.45, 7) is 6.05. The second-order valence-corrected chi connectivity index (χ2v) is 7.16. The second kappa shape index (κ2) is 3.86. The van der Waals surface area contributed by atoms with Crippen LogP contribution in [0.2, 0.25) is 0 Å². The maximum atomic E-state index is 11.5. The van der Waals surface area contributed by atoms with Gasteiger partial charge < -0.3 is 11.1 Å². The highest BCUT2D eigenvalue weighted by Crippen LogP contribution is 2.47. The topological polar surface area (TPSA) is 98.2 Å². The predicted octanol–water partition coefficient (Wildman–Crippen LogP) is 1.44. The summed E-state index contributed by atoms with van der Waals surface area (Å²) in [5.41, 5.74) is 7.74. The molecule has 6 heteroatoms. The molecule has 0 aromatic heterocycles. The third kappa shape index (κ3) is 2.44. The molecule has 0 amide bonds. The summed E-state index contributed by atoms with van der Waals surface area (Å²) < 4.78 is 23.0. The predicted molar refractivity (Wildman–Crippen MR) is 72.8 cm³/mol. The molecule has 1 aliphatic rings. The fourth-order valence-electron chi connectivity index (χ4n) is 2.06. The zero-order chi connectivity index (χ0) is 13.7. The molecule has 1 atom stereocenters. The van der Waals surface area contributed by atoms with E-state index >= 15 is 0 Å². The molecule has 5 nitrogen and oxygen atoms in total. The van der Waals surface area contributed by atoms with Crippen LogP contribution in [-0.4, -0.2) is 14.5 Å². The number of rotatable bonds is 3. The molecule has 1 fully saturated rings. The Morgan fingerprint density at radius 2 is 1.94 bits per heavy atom. The Labute approximate surface area is 108 Å². The molecule has 2 rings (SSSR count). The van der Waals surface area contributed by atoms with E-state index in [4.69, 9.17) is 10.9 Å². The average molecular weight is 269 g/mol. The Balaban J connectivity index is 2.40. The minimum absolute atomic E-state index is 0.0865. The van der Waals surface area contributed by atoms with Crippen molar-refractivity contribution in [2.75, 3.05) is 11.1 Å². The molecule has 1 unspecified atom stereocenters. The van der Waals surface area contributed by atoms with Gasteiger partial charge in [-0.25, -0.2) is 13.6 Å². The Kier molecular flexibility index (Phi) is 2.82. The lowest BCUT2D eigenvalue weighted by Crippen LogP contribution is -2.16. The van der Waals surface area contributed by atoms with Gasteiger partial charge in [-0.05, 0) is 36.5 Å². The number of sulfonamides is 1. The van der Waals surface area contributed by atoms with Crippen LogP contribution >= 0.6 is 0 Å². The molecule has 0 bridgehead atoms. The number of anilines is 2. The normalized spacial score (nSPS) is 21.7. The Hall–Kier alpha value is -1.27. The van der Waals surface area contributed by atoms with Gasteiger partial charge in [-0.3, -0.25) is 0 Å². The van der Waals surface area contributed by atoms with E-state index in [1.807, 2.05) is 0 Å². The lowest BCUT2D eigenvalue weighted by atomic mass is 10.1. The fraction of sp³-hybridized carbons (Fsp3) is 0.500. The van der Waals surface area contributed by atoms with E-state index in [0.717, 1.165) is 12.1 Å². The van der Waals surface area contributed by atoms with Crippen molar-refractivity contribution in [2.45, 2.75) is 38.1 Å². The lowest BCUT2D eigenvalue weighted by Gasteiger charge is -2.14. The Morgan fingerprint density at radius 3 is 2.39 bits per heavy atom. The van der Waals surface area contributed by atoms with E-state index in [0.29, 0.717) is 17.3 Å². The zero-order valence-electron chi connectivity index (χ0n) is 10.8. The molecule has 0 radical (unpaired) electrons. The SMILES string of the molecule is Cc1c(NC2CC2(C)C)cc(N)cc1S(N)(=O)=O. The molecule has 1 aliphatic carbocycles. The molecule has 1 aromatic rings. The third-order valence-electron chi connectivity index (χ3n) is 3.53. The highest BCUT2D eigenvalue weighted by Gasteiger charge is 2.45. The van der Waals surface area contributed by atoms with E-state index in [-0.39, 0.29) is 10.3 Å². The molecule has 1 saturated carbocycles. The van der Waals surface area contributed by atoms with Crippen LogP contribution in [-0.2, 0) is 10.0 Å². The summed E-state index contributed by atoms with van der Waals surface area (Å²) >= 11 is 0. The van der Waals surface area contributed by atoms with Crippen molar-refractivity contribution in [3.8, 4) is 0 Å². The smallest absolute Gasteiger partial charge is 0.238 e. The molecule has 1 aromatic carbocycles. The van der Waals surface area contributed by atoms with Crippen LogP contribution < -0.4 is 16.2 Å². The first-order chi connectivity index (χ1) is 8.11. The monoisotopic (exact) mass is 269 g/mol.